The van der Waals surface area contributed by atoms with Crippen molar-refractivity contribution in [1.29, 1.82) is 5.26 Å². The van der Waals surface area contributed by atoms with Crippen LogP contribution in [0.1, 0.15) is 38.9 Å². The molecule has 0 fully saturated rings. The maximum absolute atomic E-state index is 13.2. The van der Waals surface area contributed by atoms with Crippen LogP contribution in [0, 0.1) is 11.3 Å². The molecule has 2 aromatic carbocycles. The maximum Gasteiger partial charge on any atom is 0.274 e. The molecule has 0 saturated carbocycles. The largest absolute Gasteiger partial charge is 0.319 e. The molecular weight excluding hydrogens is 364 g/mol. The zero-order valence-electron chi connectivity index (χ0n) is 15.8. The lowest BCUT2D eigenvalue weighted by molar-refractivity contribution is 0.0981. The summed E-state index contributed by atoms with van der Waals surface area (Å²) in [5.41, 5.74) is 3.30. The summed E-state index contributed by atoms with van der Waals surface area (Å²) in [4.78, 5) is 31.7. The van der Waals surface area contributed by atoms with Crippen LogP contribution in [-0.4, -0.2) is 22.8 Å². The van der Waals surface area contributed by atoms with Gasteiger partial charge in [-0.3, -0.25) is 14.6 Å². The zero-order valence-corrected chi connectivity index (χ0v) is 15.8. The fourth-order valence-electron chi connectivity index (χ4n) is 3.58. The highest BCUT2D eigenvalue weighted by atomic mass is 16.2. The second kappa shape index (κ2) is 7.56. The van der Waals surface area contributed by atoms with Crippen molar-refractivity contribution in [3.05, 3.63) is 89.2 Å². The molecule has 1 aliphatic rings. The standard InChI is InChI=1S/C23H18N4O2/c1-15-12-16-6-3-5-9-21(16)27(15)23(29)17-10-11-25-20(13-17)22(28)26-19-8-4-2-7-18(19)14-24/h2-11,13,15H,12H2,1H3,(H,26,28). The summed E-state index contributed by atoms with van der Waals surface area (Å²) in [6.07, 6.45) is 2.25. The van der Waals surface area contributed by atoms with Crippen molar-refractivity contribution in [3.8, 4) is 6.07 Å². The van der Waals surface area contributed by atoms with Gasteiger partial charge < -0.3 is 10.2 Å². The number of fused-ring (bicyclic) bond motifs is 1. The van der Waals surface area contributed by atoms with Gasteiger partial charge in [-0.1, -0.05) is 30.3 Å². The lowest BCUT2D eigenvalue weighted by Gasteiger charge is -2.23. The van der Waals surface area contributed by atoms with E-state index in [0.29, 0.717) is 16.8 Å². The first-order valence-corrected chi connectivity index (χ1v) is 9.26. The van der Waals surface area contributed by atoms with Crippen molar-refractivity contribution in [3.63, 3.8) is 0 Å². The fourth-order valence-corrected chi connectivity index (χ4v) is 3.58. The molecule has 0 spiro atoms. The number of para-hydroxylation sites is 2. The predicted octanol–water partition coefficient (Wildman–Crippen LogP) is 3.80. The van der Waals surface area contributed by atoms with Crippen molar-refractivity contribution in [1.82, 2.24) is 4.98 Å². The quantitative estimate of drug-likeness (QED) is 0.747. The molecule has 29 heavy (non-hydrogen) atoms. The number of nitriles is 1. The predicted molar refractivity (Wildman–Crippen MR) is 110 cm³/mol. The first-order valence-electron chi connectivity index (χ1n) is 9.26. The van der Waals surface area contributed by atoms with Crippen molar-refractivity contribution in [2.75, 3.05) is 10.2 Å². The molecule has 3 aromatic rings. The average molecular weight is 382 g/mol. The van der Waals surface area contributed by atoms with E-state index in [1.807, 2.05) is 37.3 Å². The summed E-state index contributed by atoms with van der Waals surface area (Å²) < 4.78 is 0. The smallest absolute Gasteiger partial charge is 0.274 e. The highest BCUT2D eigenvalue weighted by Gasteiger charge is 2.31. The van der Waals surface area contributed by atoms with Gasteiger partial charge in [-0.05, 0) is 49.2 Å². The van der Waals surface area contributed by atoms with Crippen LogP contribution in [0.3, 0.4) is 0 Å². The SMILES string of the molecule is CC1Cc2ccccc2N1C(=O)c1ccnc(C(=O)Nc2ccccc2C#N)c1. The Morgan fingerprint density at radius 2 is 1.90 bits per heavy atom. The van der Waals surface area contributed by atoms with Gasteiger partial charge in [0.1, 0.15) is 11.8 Å². The summed E-state index contributed by atoms with van der Waals surface area (Å²) in [6.45, 7) is 2.01. The van der Waals surface area contributed by atoms with Crippen LogP contribution in [0.15, 0.2) is 66.9 Å². The Morgan fingerprint density at radius 1 is 1.14 bits per heavy atom. The summed E-state index contributed by atoms with van der Waals surface area (Å²) in [7, 11) is 0. The summed E-state index contributed by atoms with van der Waals surface area (Å²) in [5.74, 6) is -0.645. The van der Waals surface area contributed by atoms with Gasteiger partial charge in [-0.25, -0.2) is 0 Å². The van der Waals surface area contributed by atoms with Gasteiger partial charge in [0.2, 0.25) is 0 Å². The minimum Gasteiger partial charge on any atom is -0.319 e. The molecule has 1 aromatic heterocycles. The van der Waals surface area contributed by atoms with Gasteiger partial charge in [-0.2, -0.15) is 5.26 Å². The molecular formula is C23H18N4O2. The molecule has 4 rings (SSSR count). The van der Waals surface area contributed by atoms with E-state index in [2.05, 4.69) is 10.3 Å². The minimum absolute atomic E-state index is 0.0350. The van der Waals surface area contributed by atoms with Crippen LogP contribution in [0.25, 0.3) is 0 Å². The lowest BCUT2D eigenvalue weighted by atomic mass is 10.1. The lowest BCUT2D eigenvalue weighted by Crippen LogP contribution is -2.35. The van der Waals surface area contributed by atoms with E-state index >= 15 is 0 Å². The number of amides is 2. The minimum atomic E-state index is -0.475. The normalized spacial score (nSPS) is 14.8. The number of hydrogen-bond acceptors (Lipinski definition) is 4. The van der Waals surface area contributed by atoms with E-state index in [0.717, 1.165) is 17.7 Å². The van der Waals surface area contributed by atoms with E-state index in [9.17, 15) is 14.9 Å². The highest BCUT2D eigenvalue weighted by Crippen LogP contribution is 2.33. The molecule has 142 valence electrons. The number of pyridine rings is 1. The van der Waals surface area contributed by atoms with Crippen LogP contribution in [0.2, 0.25) is 0 Å². The third-order valence-corrected chi connectivity index (χ3v) is 4.96. The number of nitrogens with one attached hydrogen (secondary N) is 1. The molecule has 0 aliphatic carbocycles. The number of nitrogens with zero attached hydrogens (tertiary/aromatic N) is 3. The van der Waals surface area contributed by atoms with Gasteiger partial charge in [0, 0.05) is 23.5 Å². The van der Waals surface area contributed by atoms with Crippen molar-refractivity contribution in [2.45, 2.75) is 19.4 Å². The van der Waals surface area contributed by atoms with E-state index < -0.39 is 5.91 Å². The van der Waals surface area contributed by atoms with Crippen molar-refractivity contribution < 1.29 is 9.59 Å². The second-order valence-electron chi connectivity index (χ2n) is 6.90. The number of rotatable bonds is 3. The monoisotopic (exact) mass is 382 g/mol. The van der Waals surface area contributed by atoms with Crippen LogP contribution >= 0.6 is 0 Å². The van der Waals surface area contributed by atoms with Gasteiger partial charge in [0.25, 0.3) is 11.8 Å². The molecule has 0 saturated heterocycles. The van der Waals surface area contributed by atoms with E-state index in [-0.39, 0.29) is 17.6 Å². The summed E-state index contributed by atoms with van der Waals surface area (Å²) in [6, 6.07) is 19.7. The first-order chi connectivity index (χ1) is 14.1. The Labute approximate surface area is 168 Å². The molecule has 0 bridgehead atoms. The molecule has 6 heteroatoms. The van der Waals surface area contributed by atoms with Gasteiger partial charge >= 0.3 is 0 Å². The zero-order chi connectivity index (χ0) is 20.4. The van der Waals surface area contributed by atoms with Crippen LogP contribution in [-0.2, 0) is 6.42 Å². The molecule has 1 aliphatic heterocycles. The van der Waals surface area contributed by atoms with Crippen LogP contribution in [0.4, 0.5) is 11.4 Å². The topological polar surface area (TPSA) is 86.1 Å². The third-order valence-electron chi connectivity index (χ3n) is 4.96. The van der Waals surface area contributed by atoms with E-state index in [4.69, 9.17) is 0 Å². The summed E-state index contributed by atoms with van der Waals surface area (Å²) >= 11 is 0. The van der Waals surface area contributed by atoms with Crippen LogP contribution in [0.5, 0.6) is 0 Å². The Hall–Kier alpha value is -3.98. The maximum atomic E-state index is 13.2. The Balaban J connectivity index is 1.60. The Morgan fingerprint density at radius 3 is 2.72 bits per heavy atom. The van der Waals surface area contributed by atoms with Gasteiger partial charge in [0.15, 0.2) is 0 Å². The number of hydrogen-bond donors (Lipinski definition) is 1. The third kappa shape index (κ3) is 3.46. The Kier molecular flexibility index (Phi) is 4.80. The number of aromatic nitrogens is 1. The number of carbonyl (C=O) groups is 2. The molecule has 6 nitrogen and oxygen atoms in total. The van der Waals surface area contributed by atoms with Crippen molar-refractivity contribution >= 4 is 23.2 Å². The van der Waals surface area contributed by atoms with E-state index in [1.54, 1.807) is 35.2 Å². The number of anilines is 2. The van der Waals surface area contributed by atoms with Gasteiger partial charge in [0.05, 0.1) is 11.3 Å². The Bertz CT molecular complexity index is 1150. The van der Waals surface area contributed by atoms with Gasteiger partial charge in [-0.15, -0.1) is 0 Å². The number of benzene rings is 2. The molecule has 1 unspecified atom stereocenters. The molecule has 1 N–H and O–H groups in total. The molecule has 2 amide bonds. The highest BCUT2D eigenvalue weighted by molar-refractivity contribution is 6.10. The number of carbonyl (C=O) groups excluding carboxylic acids is 2. The molecule has 0 radical (unpaired) electrons. The molecule has 1 atom stereocenters. The van der Waals surface area contributed by atoms with Crippen LogP contribution < -0.4 is 10.2 Å². The fraction of sp³-hybridized carbons (Fsp3) is 0.130. The average Bonchev–Trinajstić information content (AvgIpc) is 3.09. The van der Waals surface area contributed by atoms with E-state index in [1.165, 1.54) is 12.3 Å². The van der Waals surface area contributed by atoms with Crippen molar-refractivity contribution in [2.24, 2.45) is 0 Å². The molecule has 2 heterocycles. The second-order valence-corrected chi connectivity index (χ2v) is 6.90. The summed E-state index contributed by atoms with van der Waals surface area (Å²) in [5, 5.41) is 11.9. The first kappa shape index (κ1) is 18.4.